The van der Waals surface area contributed by atoms with Gasteiger partial charge in [-0.2, -0.15) is 0 Å². The fourth-order valence-electron chi connectivity index (χ4n) is 5.70. The van der Waals surface area contributed by atoms with Crippen molar-refractivity contribution < 1.29 is 57.9 Å². The monoisotopic (exact) mass is 816 g/mol. The third-order valence-electron chi connectivity index (χ3n) is 9.84. The summed E-state index contributed by atoms with van der Waals surface area (Å²) >= 11 is 0. The summed E-state index contributed by atoms with van der Waals surface area (Å²) in [7, 11) is 4.76. The van der Waals surface area contributed by atoms with Gasteiger partial charge in [-0.1, -0.05) is 97.8 Å². The Morgan fingerprint density at radius 3 is 1.33 bits per heavy atom. The molecule has 0 aliphatic rings. The van der Waals surface area contributed by atoms with Crippen molar-refractivity contribution in [3.05, 3.63) is 0 Å². The Hall–Kier alpha value is -3.14. The van der Waals surface area contributed by atoms with Crippen molar-refractivity contribution in [3.63, 3.8) is 0 Å². The fraction of sp³-hybridized carbons (Fsp3) is 0.857. The van der Waals surface area contributed by atoms with Crippen molar-refractivity contribution >= 4 is 35.4 Å². The molecule has 0 aromatic heterocycles. The van der Waals surface area contributed by atoms with Crippen molar-refractivity contribution in [2.75, 3.05) is 87.1 Å². The normalized spacial score (nSPS) is 12.0. The summed E-state index contributed by atoms with van der Waals surface area (Å²) in [5.74, 6) is -2.50. The van der Waals surface area contributed by atoms with Crippen molar-refractivity contribution in [2.45, 2.75) is 142 Å². The van der Waals surface area contributed by atoms with Gasteiger partial charge < -0.3 is 43.9 Å². The van der Waals surface area contributed by atoms with Gasteiger partial charge in [0.2, 0.25) is 17.7 Å². The minimum Gasteiger partial charge on any atom is -0.481 e. The molecule has 0 saturated carbocycles. The Morgan fingerprint density at radius 1 is 0.491 bits per heavy atom. The lowest BCUT2D eigenvalue weighted by atomic mass is 9.91. The Kier molecular flexibility index (Phi) is 31.9. The van der Waals surface area contributed by atoms with Crippen LogP contribution in [0.25, 0.3) is 0 Å². The van der Waals surface area contributed by atoms with Crippen LogP contribution in [0.4, 0.5) is 0 Å². The van der Waals surface area contributed by atoms with Gasteiger partial charge in [0.15, 0.2) is 5.78 Å². The zero-order chi connectivity index (χ0) is 42.9. The summed E-state index contributed by atoms with van der Waals surface area (Å²) < 4.78 is 21.7. The second kappa shape index (κ2) is 33.8. The van der Waals surface area contributed by atoms with Crippen LogP contribution in [0.5, 0.6) is 0 Å². The van der Waals surface area contributed by atoms with Crippen molar-refractivity contribution in [2.24, 2.45) is 5.41 Å². The molecule has 0 fully saturated rings. The van der Waals surface area contributed by atoms with E-state index in [-0.39, 0.29) is 82.2 Å². The van der Waals surface area contributed by atoms with Crippen molar-refractivity contribution in [1.29, 1.82) is 0 Å². The maximum absolute atomic E-state index is 12.7. The van der Waals surface area contributed by atoms with Crippen molar-refractivity contribution in [1.82, 2.24) is 14.7 Å². The molecule has 0 aromatic rings. The third-order valence-corrected chi connectivity index (χ3v) is 9.84. The predicted molar refractivity (Wildman–Crippen MR) is 218 cm³/mol. The average molecular weight is 816 g/mol. The van der Waals surface area contributed by atoms with E-state index in [1.807, 2.05) is 20.8 Å². The number of rotatable bonds is 38. The number of Topliss-reactive ketones (excluding diaryl/α,β-unsaturated/α-hetero) is 1. The lowest BCUT2D eigenvalue weighted by molar-refractivity contribution is -0.149. The van der Waals surface area contributed by atoms with Crippen LogP contribution in [-0.4, -0.2) is 153 Å². The van der Waals surface area contributed by atoms with E-state index in [0.717, 1.165) is 38.5 Å². The molecule has 2 N–H and O–H groups in total. The van der Waals surface area contributed by atoms with Crippen LogP contribution in [0.2, 0.25) is 0 Å². The first-order chi connectivity index (χ1) is 27.1. The topological polar surface area (TPSA) is 190 Å². The second-order valence-electron chi connectivity index (χ2n) is 15.9. The van der Waals surface area contributed by atoms with Gasteiger partial charge in [-0.15, -0.1) is 0 Å². The molecule has 0 aliphatic heterocycles. The molecule has 15 heteroatoms. The van der Waals surface area contributed by atoms with E-state index in [4.69, 9.17) is 24.1 Å². The van der Waals surface area contributed by atoms with Gasteiger partial charge in [-0.3, -0.25) is 24.0 Å². The highest BCUT2D eigenvalue weighted by Gasteiger charge is 2.27. The minimum atomic E-state index is -1.13. The molecule has 1 atom stereocenters. The van der Waals surface area contributed by atoms with E-state index in [2.05, 4.69) is 0 Å². The summed E-state index contributed by atoms with van der Waals surface area (Å²) in [5.41, 5.74) is -0.437. The molecule has 0 spiro atoms. The number of carbonyl (C=O) groups excluding carboxylic acids is 4. The standard InChI is InChI=1S/C42H77N3O12/c1-42(2,3)36(46)33-56-31-29-55-28-26-44(5)39(49)34-57-32-30-54-27-25-43(4)37(47)24-23-35(41(52)53)45(6)38(48)21-19-17-15-13-11-9-7-8-10-12-14-16-18-20-22-40(50)51/h35H,7-34H2,1-6H3,(H,50,51)(H,52,53)/t35-/m0/s1. The predicted octanol–water partition coefficient (Wildman–Crippen LogP) is 5.60. The molecule has 0 aromatic carbocycles. The number of amides is 3. The number of nitrogens with zero attached hydrogens (tertiary/aromatic N) is 3. The summed E-state index contributed by atoms with van der Waals surface area (Å²) in [4.78, 5) is 76.2. The smallest absolute Gasteiger partial charge is 0.326 e. The van der Waals surface area contributed by atoms with Crippen LogP contribution in [0.3, 0.4) is 0 Å². The van der Waals surface area contributed by atoms with E-state index in [1.54, 1.807) is 14.1 Å². The fourth-order valence-corrected chi connectivity index (χ4v) is 5.70. The van der Waals surface area contributed by atoms with Crippen LogP contribution in [0.15, 0.2) is 0 Å². The number of hydrogen-bond donors (Lipinski definition) is 2. The number of ketones is 1. The number of ether oxygens (including phenoxy) is 4. The maximum Gasteiger partial charge on any atom is 0.326 e. The highest BCUT2D eigenvalue weighted by molar-refractivity contribution is 5.85. The number of carboxylic acids is 2. The van der Waals surface area contributed by atoms with Crippen LogP contribution in [0.1, 0.15) is 136 Å². The molecule has 57 heavy (non-hydrogen) atoms. The molecule has 0 saturated heterocycles. The van der Waals surface area contributed by atoms with Gasteiger partial charge in [0.1, 0.15) is 19.3 Å². The first-order valence-corrected chi connectivity index (χ1v) is 21.1. The number of hydrogen-bond acceptors (Lipinski definition) is 10. The first kappa shape index (κ1) is 53.9. The zero-order valence-corrected chi connectivity index (χ0v) is 36.2. The molecular weight excluding hydrogens is 738 g/mol. The van der Waals surface area contributed by atoms with E-state index in [9.17, 15) is 33.9 Å². The number of carbonyl (C=O) groups is 6. The van der Waals surface area contributed by atoms with Crippen LogP contribution in [-0.2, 0) is 47.7 Å². The molecule has 15 nitrogen and oxygen atoms in total. The van der Waals surface area contributed by atoms with Gasteiger partial charge in [-0.05, 0) is 19.3 Å². The summed E-state index contributed by atoms with van der Waals surface area (Å²) in [6.45, 7) is 7.75. The molecule has 0 rings (SSSR count). The van der Waals surface area contributed by atoms with Gasteiger partial charge in [0.25, 0.3) is 0 Å². The molecule has 0 aliphatic carbocycles. The lowest BCUT2D eigenvalue weighted by Crippen LogP contribution is -2.43. The highest BCUT2D eigenvalue weighted by atomic mass is 16.5. The summed E-state index contributed by atoms with van der Waals surface area (Å²) in [6.07, 6.45) is 15.7. The molecule has 0 unspecified atom stereocenters. The molecule has 0 bridgehead atoms. The summed E-state index contributed by atoms with van der Waals surface area (Å²) in [6, 6.07) is -1.08. The maximum atomic E-state index is 12.7. The number of likely N-dealkylation sites (N-methyl/N-ethyl adjacent to an activating group) is 3. The largest absolute Gasteiger partial charge is 0.481 e. The van der Waals surface area contributed by atoms with E-state index in [1.165, 1.54) is 66.7 Å². The first-order valence-electron chi connectivity index (χ1n) is 21.1. The Morgan fingerprint density at radius 2 is 0.895 bits per heavy atom. The molecule has 332 valence electrons. The molecule has 0 radical (unpaired) electrons. The molecular formula is C42H77N3O12. The SMILES string of the molecule is CN(CCOCCOCC(=O)N(C)CCOCCOCC(=O)C(C)(C)C)C(=O)CC[C@@H](C(=O)O)N(C)C(=O)CCCCCCCCCCCCCCCCC(=O)O. The number of unbranched alkanes of at least 4 members (excludes halogenated alkanes) is 13. The highest BCUT2D eigenvalue weighted by Crippen LogP contribution is 2.16. The van der Waals surface area contributed by atoms with Crippen LogP contribution < -0.4 is 0 Å². The average Bonchev–Trinajstić information content (AvgIpc) is 3.15. The number of aliphatic carboxylic acids is 2. The Labute approximate surface area is 342 Å². The van der Waals surface area contributed by atoms with E-state index < -0.39 is 23.4 Å². The van der Waals surface area contributed by atoms with Gasteiger partial charge >= 0.3 is 11.9 Å². The van der Waals surface area contributed by atoms with Gasteiger partial charge in [0, 0.05) is 58.9 Å². The van der Waals surface area contributed by atoms with Crippen LogP contribution in [0, 0.1) is 5.41 Å². The Balaban J connectivity index is 3.96. The van der Waals surface area contributed by atoms with Gasteiger partial charge in [-0.25, -0.2) is 4.79 Å². The zero-order valence-electron chi connectivity index (χ0n) is 36.2. The second-order valence-corrected chi connectivity index (χ2v) is 15.9. The minimum absolute atomic E-state index is 0.0182. The quantitative estimate of drug-likeness (QED) is 0.0735. The molecule has 0 heterocycles. The summed E-state index contributed by atoms with van der Waals surface area (Å²) in [5, 5.41) is 18.4. The lowest BCUT2D eigenvalue weighted by Gasteiger charge is -2.26. The molecule has 3 amide bonds. The van der Waals surface area contributed by atoms with Crippen molar-refractivity contribution in [3.8, 4) is 0 Å². The van der Waals surface area contributed by atoms with Crippen LogP contribution >= 0.6 is 0 Å². The Bertz CT molecular complexity index is 1130. The third kappa shape index (κ3) is 30.6. The van der Waals surface area contributed by atoms with Gasteiger partial charge in [0.05, 0.1) is 39.6 Å². The van der Waals surface area contributed by atoms with E-state index >= 15 is 0 Å². The van der Waals surface area contributed by atoms with E-state index in [0.29, 0.717) is 39.3 Å². The number of carboxylic acid groups (broad SMARTS) is 2.